The van der Waals surface area contributed by atoms with Crippen molar-refractivity contribution in [1.29, 1.82) is 0 Å². The zero-order valence-corrected chi connectivity index (χ0v) is 16.3. The van der Waals surface area contributed by atoms with Gasteiger partial charge in [0.25, 0.3) is 5.91 Å². The monoisotopic (exact) mass is 425 g/mol. The number of hydrogen-bond donors (Lipinski definition) is 1. The smallest absolute Gasteiger partial charge is 0.335 e. The van der Waals surface area contributed by atoms with Crippen molar-refractivity contribution in [3.8, 4) is 11.3 Å². The summed E-state index contributed by atoms with van der Waals surface area (Å²) in [7, 11) is 0. The maximum absolute atomic E-state index is 13.1. The minimum atomic E-state index is -1.09. The Hall–Kier alpha value is -3.23. The quantitative estimate of drug-likeness (QED) is 0.458. The standard InChI is InChI=1S/C21H12FNO4S2/c22-14-6-4-12(5-7-14)17-9-8-16(27-17)11-18-19(24)23(21(28)29-18)15-3-1-2-13(10-15)20(25)26/h1-11H,(H,25,26)/b18-11+. The van der Waals surface area contributed by atoms with Crippen LogP contribution >= 0.6 is 24.0 Å². The molecule has 0 saturated carbocycles. The van der Waals surface area contributed by atoms with Crippen LogP contribution in [-0.2, 0) is 4.79 Å². The molecule has 2 aromatic carbocycles. The second-order valence-electron chi connectivity index (χ2n) is 6.08. The summed E-state index contributed by atoms with van der Waals surface area (Å²) in [4.78, 5) is 25.7. The van der Waals surface area contributed by atoms with Crippen molar-refractivity contribution in [3.05, 3.63) is 82.7 Å². The van der Waals surface area contributed by atoms with Crippen molar-refractivity contribution in [3.63, 3.8) is 0 Å². The molecule has 3 aromatic rings. The van der Waals surface area contributed by atoms with Crippen LogP contribution in [0.25, 0.3) is 17.4 Å². The molecule has 5 nitrogen and oxygen atoms in total. The number of furan rings is 1. The van der Waals surface area contributed by atoms with Crippen LogP contribution in [0.15, 0.2) is 70.0 Å². The van der Waals surface area contributed by atoms with Gasteiger partial charge in [-0.15, -0.1) is 0 Å². The van der Waals surface area contributed by atoms with E-state index in [1.54, 1.807) is 42.5 Å². The summed E-state index contributed by atoms with van der Waals surface area (Å²) >= 11 is 6.41. The Morgan fingerprint density at radius 3 is 2.62 bits per heavy atom. The first-order valence-corrected chi connectivity index (χ1v) is 9.62. The molecular formula is C21H12FNO4S2. The second-order valence-corrected chi connectivity index (χ2v) is 7.76. The summed E-state index contributed by atoms with van der Waals surface area (Å²) in [6.45, 7) is 0. The fourth-order valence-electron chi connectivity index (χ4n) is 2.80. The Balaban J connectivity index is 1.60. The Bertz CT molecular complexity index is 1170. The van der Waals surface area contributed by atoms with Crippen LogP contribution in [0.3, 0.4) is 0 Å². The van der Waals surface area contributed by atoms with Crippen LogP contribution in [0.1, 0.15) is 16.1 Å². The molecule has 0 radical (unpaired) electrons. The Labute approximate surface area is 174 Å². The number of rotatable bonds is 4. The summed E-state index contributed by atoms with van der Waals surface area (Å²) in [6.07, 6.45) is 1.58. The Kier molecular flexibility index (Phi) is 5.04. The molecule has 1 N–H and O–H groups in total. The number of thiocarbonyl (C=S) groups is 1. The lowest BCUT2D eigenvalue weighted by Crippen LogP contribution is -2.27. The van der Waals surface area contributed by atoms with Gasteiger partial charge in [-0.25, -0.2) is 9.18 Å². The van der Waals surface area contributed by atoms with E-state index in [1.165, 1.54) is 29.2 Å². The molecule has 1 saturated heterocycles. The van der Waals surface area contributed by atoms with Crippen LogP contribution in [0.5, 0.6) is 0 Å². The highest BCUT2D eigenvalue weighted by Gasteiger charge is 2.33. The third-order valence-electron chi connectivity index (χ3n) is 4.17. The van der Waals surface area contributed by atoms with E-state index in [-0.39, 0.29) is 17.3 Å². The van der Waals surface area contributed by atoms with Gasteiger partial charge < -0.3 is 9.52 Å². The summed E-state index contributed by atoms with van der Waals surface area (Å²) < 4.78 is 19.1. The first-order chi connectivity index (χ1) is 13.9. The van der Waals surface area contributed by atoms with Crippen LogP contribution in [0.4, 0.5) is 10.1 Å². The van der Waals surface area contributed by atoms with Gasteiger partial charge in [-0.3, -0.25) is 9.69 Å². The normalized spacial score (nSPS) is 15.3. The number of benzene rings is 2. The topological polar surface area (TPSA) is 70.8 Å². The fraction of sp³-hybridized carbons (Fsp3) is 0. The van der Waals surface area contributed by atoms with Crippen LogP contribution in [-0.4, -0.2) is 21.3 Å². The maximum atomic E-state index is 13.1. The van der Waals surface area contributed by atoms with E-state index in [1.807, 2.05) is 0 Å². The zero-order chi connectivity index (χ0) is 20.5. The highest BCUT2D eigenvalue weighted by molar-refractivity contribution is 8.27. The molecule has 1 aromatic heterocycles. The molecule has 144 valence electrons. The van der Waals surface area contributed by atoms with Crippen molar-refractivity contribution in [2.24, 2.45) is 0 Å². The van der Waals surface area contributed by atoms with Gasteiger partial charge in [0.2, 0.25) is 0 Å². The van der Waals surface area contributed by atoms with Crippen molar-refractivity contribution in [1.82, 2.24) is 0 Å². The lowest BCUT2D eigenvalue weighted by atomic mass is 10.2. The molecule has 0 atom stereocenters. The number of carboxylic acid groups (broad SMARTS) is 1. The van der Waals surface area contributed by atoms with Crippen molar-refractivity contribution >= 4 is 51.9 Å². The summed E-state index contributed by atoms with van der Waals surface area (Å²) in [5, 5.41) is 9.16. The van der Waals surface area contributed by atoms with Crippen LogP contribution in [0, 0.1) is 5.82 Å². The molecule has 0 spiro atoms. The number of nitrogens with zero attached hydrogens (tertiary/aromatic N) is 1. The minimum Gasteiger partial charge on any atom is -0.478 e. The van der Waals surface area contributed by atoms with Crippen molar-refractivity contribution < 1.29 is 23.5 Å². The molecule has 1 aliphatic rings. The number of anilines is 1. The predicted octanol–water partition coefficient (Wildman–Crippen LogP) is 5.19. The molecule has 2 heterocycles. The SMILES string of the molecule is O=C(O)c1cccc(N2C(=O)/C(=C\c3ccc(-c4ccc(F)cc4)o3)SC2=S)c1. The van der Waals surface area contributed by atoms with Crippen LogP contribution < -0.4 is 4.90 Å². The molecule has 1 fully saturated rings. The molecule has 0 bridgehead atoms. The molecular weight excluding hydrogens is 413 g/mol. The molecule has 1 amide bonds. The number of thioether (sulfide) groups is 1. The molecule has 0 aliphatic carbocycles. The highest BCUT2D eigenvalue weighted by Crippen LogP contribution is 2.37. The van der Waals surface area contributed by atoms with E-state index in [9.17, 15) is 14.0 Å². The van der Waals surface area contributed by atoms with Crippen LogP contribution in [0.2, 0.25) is 0 Å². The van der Waals surface area contributed by atoms with E-state index in [0.29, 0.717) is 32.0 Å². The molecule has 0 unspecified atom stereocenters. The number of halogens is 1. The van der Waals surface area contributed by atoms with Crippen molar-refractivity contribution in [2.45, 2.75) is 0 Å². The van der Waals surface area contributed by atoms with Gasteiger partial charge in [-0.05, 0) is 54.6 Å². The number of amides is 1. The minimum absolute atomic E-state index is 0.0653. The Morgan fingerprint density at radius 1 is 1.14 bits per heavy atom. The van der Waals surface area contributed by atoms with Crippen molar-refractivity contribution in [2.75, 3.05) is 4.90 Å². The zero-order valence-electron chi connectivity index (χ0n) is 14.7. The van der Waals surface area contributed by atoms with Gasteiger partial charge in [-0.1, -0.05) is 30.0 Å². The van der Waals surface area contributed by atoms with Gasteiger partial charge in [0.1, 0.15) is 17.3 Å². The van der Waals surface area contributed by atoms with E-state index < -0.39 is 5.97 Å². The molecule has 1 aliphatic heterocycles. The second kappa shape index (κ2) is 7.65. The fourth-order valence-corrected chi connectivity index (χ4v) is 4.08. The number of carbonyl (C=O) groups excluding carboxylic acids is 1. The summed E-state index contributed by atoms with van der Waals surface area (Å²) in [6, 6.07) is 15.4. The number of carbonyl (C=O) groups is 2. The maximum Gasteiger partial charge on any atom is 0.335 e. The third-order valence-corrected chi connectivity index (χ3v) is 5.48. The molecule has 29 heavy (non-hydrogen) atoms. The van der Waals surface area contributed by atoms with Gasteiger partial charge in [0, 0.05) is 11.6 Å². The van der Waals surface area contributed by atoms with Gasteiger partial charge in [0.05, 0.1) is 16.2 Å². The number of aromatic carboxylic acids is 1. The van der Waals surface area contributed by atoms with Gasteiger partial charge in [-0.2, -0.15) is 0 Å². The first kappa shape index (κ1) is 19.1. The molecule has 4 rings (SSSR count). The van der Waals surface area contributed by atoms with E-state index in [0.717, 1.165) is 11.8 Å². The van der Waals surface area contributed by atoms with E-state index in [2.05, 4.69) is 0 Å². The highest BCUT2D eigenvalue weighted by atomic mass is 32.2. The third kappa shape index (κ3) is 3.85. The largest absolute Gasteiger partial charge is 0.478 e. The summed E-state index contributed by atoms with van der Waals surface area (Å²) in [5.41, 5.74) is 1.17. The molecule has 8 heteroatoms. The van der Waals surface area contributed by atoms with Gasteiger partial charge >= 0.3 is 5.97 Å². The van der Waals surface area contributed by atoms with Gasteiger partial charge in [0.15, 0.2) is 4.32 Å². The summed E-state index contributed by atoms with van der Waals surface area (Å²) in [5.74, 6) is -0.791. The first-order valence-electron chi connectivity index (χ1n) is 8.39. The lowest BCUT2D eigenvalue weighted by molar-refractivity contribution is -0.113. The predicted molar refractivity (Wildman–Crippen MR) is 113 cm³/mol. The number of hydrogen-bond acceptors (Lipinski definition) is 5. The average Bonchev–Trinajstić information content (AvgIpc) is 3.27. The number of carboxylic acids is 1. The van der Waals surface area contributed by atoms with E-state index in [4.69, 9.17) is 21.7 Å². The average molecular weight is 425 g/mol. The Morgan fingerprint density at radius 2 is 1.90 bits per heavy atom. The van der Waals surface area contributed by atoms with E-state index >= 15 is 0 Å². The lowest BCUT2D eigenvalue weighted by Gasteiger charge is -2.14.